The van der Waals surface area contributed by atoms with Crippen molar-refractivity contribution in [3.05, 3.63) is 291 Å². The van der Waals surface area contributed by atoms with Crippen LogP contribution in [0.15, 0.2) is 291 Å². The lowest BCUT2D eigenvalue weighted by molar-refractivity contribution is 1.29. The van der Waals surface area contributed by atoms with Gasteiger partial charge in [0.25, 0.3) is 0 Å². The fourth-order valence-electron chi connectivity index (χ4n) is 9.78. The fourth-order valence-corrected chi connectivity index (χ4v) is 9.78. The van der Waals surface area contributed by atoms with Gasteiger partial charge in [-0.25, -0.2) is 0 Å². The van der Waals surface area contributed by atoms with Crippen LogP contribution in [0.4, 0.5) is 79.6 Å². The molecule has 0 bridgehead atoms. The van der Waals surface area contributed by atoms with E-state index in [9.17, 15) is 0 Å². The molecule has 0 unspecified atom stereocenters. The van der Waals surface area contributed by atoms with Gasteiger partial charge in [0.15, 0.2) is 0 Å². The van der Waals surface area contributed by atoms with Crippen molar-refractivity contribution in [1.82, 2.24) is 0 Å². The van der Waals surface area contributed by atoms with Crippen LogP contribution in [0.1, 0.15) is 0 Å². The van der Waals surface area contributed by atoms with E-state index in [1.54, 1.807) is 0 Å². The third kappa shape index (κ3) is 9.71. The van der Waals surface area contributed by atoms with E-state index in [1.807, 2.05) is 48.5 Å². The topological polar surface area (TPSA) is 54.6 Å². The minimum Gasteiger partial charge on any atom is -0.355 e. The maximum Gasteiger partial charge on any atom is 0.0698 e. The fraction of sp³-hybridized carbons (Fsp3) is 0. The standard InChI is InChI=1S/C68H52N6/c1-5-23-53(24-6-1)69-57-39-45-67(63(47-57)71-55-27-9-3-10-28-55)73(65-33-17-21-51-19-13-15-31-61(51)65)59-41-35-49(36-42-59)50-37-43-60(44-38-50)74(66-34-18-22-52-20-14-16-32-62(52)66)68-46-40-58(70-54-25-7-2-8-26-54)48-64(68)72-56-29-11-4-12-30-56/h1-48,69-72H. The summed E-state index contributed by atoms with van der Waals surface area (Å²) >= 11 is 0. The van der Waals surface area contributed by atoms with E-state index in [0.29, 0.717) is 0 Å². The second-order valence-electron chi connectivity index (χ2n) is 18.2. The third-order valence-corrected chi connectivity index (χ3v) is 13.3. The molecule has 0 amide bonds. The van der Waals surface area contributed by atoms with E-state index in [0.717, 1.165) is 102 Å². The maximum atomic E-state index is 3.79. The summed E-state index contributed by atoms with van der Waals surface area (Å²) in [6, 6.07) is 103. The van der Waals surface area contributed by atoms with E-state index in [1.165, 1.54) is 10.8 Å². The maximum absolute atomic E-state index is 3.79. The van der Waals surface area contributed by atoms with Gasteiger partial charge in [0, 0.05) is 56.3 Å². The minimum absolute atomic E-state index is 0.963. The number of nitrogens with zero attached hydrogens (tertiary/aromatic N) is 2. The summed E-state index contributed by atoms with van der Waals surface area (Å²) in [6.07, 6.45) is 0. The van der Waals surface area contributed by atoms with Gasteiger partial charge < -0.3 is 31.1 Å². The van der Waals surface area contributed by atoms with Crippen LogP contribution >= 0.6 is 0 Å². The van der Waals surface area contributed by atoms with Gasteiger partial charge in [0.05, 0.1) is 34.1 Å². The Morgan fingerprint density at radius 2 is 0.541 bits per heavy atom. The molecule has 4 N–H and O–H groups in total. The predicted octanol–water partition coefficient (Wildman–Crippen LogP) is 19.6. The number of rotatable bonds is 15. The Balaban J connectivity index is 0.937. The van der Waals surface area contributed by atoms with Crippen molar-refractivity contribution >= 4 is 101 Å². The number of anilines is 14. The first-order valence-electron chi connectivity index (χ1n) is 25.0. The third-order valence-electron chi connectivity index (χ3n) is 13.3. The monoisotopic (exact) mass is 952 g/mol. The van der Waals surface area contributed by atoms with Crippen LogP contribution in [0.5, 0.6) is 0 Å². The van der Waals surface area contributed by atoms with E-state index >= 15 is 0 Å². The molecule has 6 nitrogen and oxygen atoms in total. The second kappa shape index (κ2) is 20.7. The molecular formula is C68H52N6. The SMILES string of the molecule is c1ccc(Nc2ccc(N(c3ccc(-c4ccc(N(c5ccc(Nc6ccccc6)cc5Nc5ccccc5)c5cccc6ccccc56)cc4)cc3)c3cccc4ccccc34)c(Nc3ccccc3)c2)cc1. The van der Waals surface area contributed by atoms with Crippen LogP contribution in [0, 0.1) is 0 Å². The van der Waals surface area contributed by atoms with Crippen molar-refractivity contribution in [3.8, 4) is 11.1 Å². The highest BCUT2D eigenvalue weighted by Crippen LogP contribution is 2.47. The van der Waals surface area contributed by atoms with Crippen molar-refractivity contribution in [3.63, 3.8) is 0 Å². The van der Waals surface area contributed by atoms with Crippen LogP contribution in [0.2, 0.25) is 0 Å². The highest BCUT2D eigenvalue weighted by Gasteiger charge is 2.22. The van der Waals surface area contributed by atoms with Gasteiger partial charge in [-0.3, -0.25) is 0 Å². The Morgan fingerprint density at radius 1 is 0.216 bits per heavy atom. The average Bonchev–Trinajstić information content (AvgIpc) is 3.46. The minimum atomic E-state index is 0.963. The van der Waals surface area contributed by atoms with Crippen LogP contribution in [0.25, 0.3) is 32.7 Å². The normalized spacial score (nSPS) is 11.0. The van der Waals surface area contributed by atoms with Gasteiger partial charge in [0.1, 0.15) is 0 Å². The molecule has 0 aliphatic carbocycles. The van der Waals surface area contributed by atoms with E-state index < -0.39 is 0 Å². The van der Waals surface area contributed by atoms with Crippen molar-refractivity contribution in [1.29, 1.82) is 0 Å². The Kier molecular flexibility index (Phi) is 12.6. The number of hydrogen-bond acceptors (Lipinski definition) is 6. The molecular weight excluding hydrogens is 901 g/mol. The van der Waals surface area contributed by atoms with E-state index in [2.05, 4.69) is 274 Å². The average molecular weight is 953 g/mol. The number of para-hydroxylation sites is 4. The van der Waals surface area contributed by atoms with Gasteiger partial charge in [-0.15, -0.1) is 0 Å². The van der Waals surface area contributed by atoms with Gasteiger partial charge in [-0.1, -0.05) is 170 Å². The Morgan fingerprint density at radius 3 is 0.919 bits per heavy atom. The smallest absolute Gasteiger partial charge is 0.0698 e. The molecule has 0 aliphatic heterocycles. The zero-order valence-electron chi connectivity index (χ0n) is 40.6. The molecule has 0 aliphatic rings. The quantitative estimate of drug-likeness (QED) is 0.0822. The molecule has 0 fully saturated rings. The predicted molar refractivity (Wildman–Crippen MR) is 315 cm³/mol. The Hall–Kier alpha value is -10.0. The summed E-state index contributed by atoms with van der Waals surface area (Å²) in [5.74, 6) is 0. The molecule has 12 aromatic rings. The highest BCUT2D eigenvalue weighted by atomic mass is 15.2. The van der Waals surface area contributed by atoms with Crippen molar-refractivity contribution in [2.45, 2.75) is 0 Å². The number of benzene rings is 12. The highest BCUT2D eigenvalue weighted by molar-refractivity contribution is 6.03. The summed E-state index contributed by atoms with van der Waals surface area (Å²) in [6.45, 7) is 0. The van der Waals surface area contributed by atoms with E-state index in [-0.39, 0.29) is 0 Å². The van der Waals surface area contributed by atoms with E-state index in [4.69, 9.17) is 0 Å². The lowest BCUT2D eigenvalue weighted by Gasteiger charge is -2.30. The summed E-state index contributed by atoms with van der Waals surface area (Å²) < 4.78 is 0. The largest absolute Gasteiger partial charge is 0.355 e. The number of nitrogens with one attached hydrogen (secondary N) is 4. The lowest BCUT2D eigenvalue weighted by atomic mass is 10.0. The number of fused-ring (bicyclic) bond motifs is 2. The van der Waals surface area contributed by atoms with Gasteiger partial charge >= 0.3 is 0 Å². The van der Waals surface area contributed by atoms with Crippen LogP contribution in [-0.4, -0.2) is 0 Å². The zero-order chi connectivity index (χ0) is 49.5. The molecule has 0 spiro atoms. The molecule has 74 heavy (non-hydrogen) atoms. The van der Waals surface area contributed by atoms with Gasteiger partial charge in [0.2, 0.25) is 0 Å². The molecule has 6 heteroatoms. The van der Waals surface area contributed by atoms with Crippen LogP contribution in [0.3, 0.4) is 0 Å². The van der Waals surface area contributed by atoms with Crippen molar-refractivity contribution < 1.29 is 0 Å². The van der Waals surface area contributed by atoms with Crippen molar-refractivity contribution in [2.24, 2.45) is 0 Å². The summed E-state index contributed by atoms with van der Waals surface area (Å²) in [5.41, 5.74) is 16.4. The Labute approximate surface area is 432 Å². The summed E-state index contributed by atoms with van der Waals surface area (Å²) in [5, 5.41) is 19.5. The lowest BCUT2D eigenvalue weighted by Crippen LogP contribution is -2.13. The van der Waals surface area contributed by atoms with Gasteiger partial charge in [-0.05, 0) is 143 Å². The molecule has 0 radical (unpaired) electrons. The van der Waals surface area contributed by atoms with Crippen LogP contribution < -0.4 is 31.1 Å². The molecule has 0 heterocycles. The summed E-state index contributed by atoms with van der Waals surface area (Å²) in [4.78, 5) is 4.74. The van der Waals surface area contributed by atoms with Crippen molar-refractivity contribution in [2.75, 3.05) is 31.1 Å². The first-order valence-corrected chi connectivity index (χ1v) is 25.0. The number of hydrogen-bond donors (Lipinski definition) is 4. The molecule has 0 aromatic heterocycles. The molecule has 0 saturated heterocycles. The Bertz CT molecular complexity index is 3560. The molecule has 0 atom stereocenters. The molecule has 12 aromatic carbocycles. The first kappa shape index (κ1) is 45.1. The molecule has 0 saturated carbocycles. The molecule has 12 rings (SSSR count). The van der Waals surface area contributed by atoms with Crippen LogP contribution in [-0.2, 0) is 0 Å². The summed E-state index contributed by atoms with van der Waals surface area (Å²) in [7, 11) is 0. The second-order valence-corrected chi connectivity index (χ2v) is 18.2. The molecule has 354 valence electrons. The van der Waals surface area contributed by atoms with Gasteiger partial charge in [-0.2, -0.15) is 0 Å². The zero-order valence-corrected chi connectivity index (χ0v) is 40.6. The first-order chi connectivity index (χ1) is 36.7.